The molecule has 10 nitrogen and oxygen atoms in total. The van der Waals surface area contributed by atoms with Crippen LogP contribution < -0.4 is 14.4 Å². The smallest absolute Gasteiger partial charge is 0.264 e. The summed E-state index contributed by atoms with van der Waals surface area (Å²) in [7, 11) is -3.97. The van der Waals surface area contributed by atoms with Crippen molar-refractivity contribution < 1.29 is 27.5 Å². The number of allylic oxidation sites excluding steroid dienone is 1. The van der Waals surface area contributed by atoms with E-state index >= 15 is 0 Å². The van der Waals surface area contributed by atoms with Crippen LogP contribution in [-0.4, -0.2) is 99.9 Å². The number of carbonyl (C=O) groups is 2. The molecule has 1 N–H and O–H groups in total. The van der Waals surface area contributed by atoms with Crippen LogP contribution >= 0.6 is 11.6 Å². The summed E-state index contributed by atoms with van der Waals surface area (Å²) in [5.41, 5.74) is 3.29. The Morgan fingerprint density at radius 1 is 1.06 bits per heavy atom. The van der Waals surface area contributed by atoms with E-state index in [2.05, 4.69) is 32.7 Å². The molecule has 4 aliphatic heterocycles. The zero-order valence-corrected chi connectivity index (χ0v) is 32.5. The van der Waals surface area contributed by atoms with Crippen molar-refractivity contribution in [1.82, 2.24) is 14.5 Å². The van der Waals surface area contributed by atoms with E-state index in [0.717, 1.165) is 69.0 Å². The van der Waals surface area contributed by atoms with Crippen LogP contribution in [-0.2, 0) is 31.4 Å². The van der Waals surface area contributed by atoms with Gasteiger partial charge in [0.25, 0.3) is 5.91 Å². The number of benzene rings is 2. The van der Waals surface area contributed by atoms with Gasteiger partial charge in [-0.1, -0.05) is 36.7 Å². The lowest BCUT2D eigenvalue weighted by atomic mass is 9.68. The molecule has 286 valence electrons. The highest BCUT2D eigenvalue weighted by atomic mass is 35.5. The minimum absolute atomic E-state index is 0.0313. The van der Waals surface area contributed by atoms with Crippen LogP contribution in [0.3, 0.4) is 0 Å². The van der Waals surface area contributed by atoms with Crippen LogP contribution in [0.4, 0.5) is 5.69 Å². The number of carbonyl (C=O) groups excluding carboxylic acids is 2. The number of hydrogen-bond acceptors (Lipinski definition) is 8. The molecule has 3 fully saturated rings. The maximum absolute atomic E-state index is 13.6. The molecule has 4 heterocycles. The van der Waals surface area contributed by atoms with Gasteiger partial charge in [-0.05, 0) is 131 Å². The van der Waals surface area contributed by atoms with Crippen molar-refractivity contribution in [3.8, 4) is 5.75 Å². The van der Waals surface area contributed by atoms with Gasteiger partial charge in [-0.2, -0.15) is 0 Å². The van der Waals surface area contributed by atoms with Crippen molar-refractivity contribution in [3.63, 3.8) is 0 Å². The van der Waals surface area contributed by atoms with Crippen molar-refractivity contribution in [2.75, 3.05) is 57.4 Å². The molecule has 2 aromatic carbocycles. The van der Waals surface area contributed by atoms with Gasteiger partial charge in [0, 0.05) is 48.2 Å². The van der Waals surface area contributed by atoms with Gasteiger partial charge in [0.2, 0.25) is 15.9 Å². The number of rotatable bonds is 4. The van der Waals surface area contributed by atoms with Crippen molar-refractivity contribution in [2.45, 2.75) is 88.0 Å². The molecular weight excluding hydrogens is 712 g/mol. The fraction of sp³-hybridized carbons (Fsp3) is 0.610. The monoisotopic (exact) mass is 764 g/mol. The molecule has 1 saturated carbocycles. The van der Waals surface area contributed by atoms with Crippen LogP contribution in [0.15, 0.2) is 48.6 Å². The predicted molar refractivity (Wildman–Crippen MR) is 206 cm³/mol. The van der Waals surface area contributed by atoms with E-state index in [4.69, 9.17) is 21.1 Å². The molecule has 2 bridgehead atoms. The fourth-order valence-electron chi connectivity index (χ4n) is 9.58. The summed E-state index contributed by atoms with van der Waals surface area (Å²) in [6.07, 6.45) is 11.7. The molecule has 8 rings (SSSR count). The van der Waals surface area contributed by atoms with Crippen LogP contribution in [0.2, 0.25) is 5.02 Å². The minimum Gasteiger partial charge on any atom is -0.490 e. The largest absolute Gasteiger partial charge is 0.490 e. The van der Waals surface area contributed by atoms with E-state index in [0.29, 0.717) is 37.9 Å². The van der Waals surface area contributed by atoms with E-state index < -0.39 is 21.2 Å². The van der Waals surface area contributed by atoms with E-state index in [-0.39, 0.29) is 47.4 Å². The van der Waals surface area contributed by atoms with Gasteiger partial charge in [-0.15, -0.1) is 0 Å². The summed E-state index contributed by atoms with van der Waals surface area (Å²) in [4.78, 5) is 33.7. The second-order valence-electron chi connectivity index (χ2n) is 16.6. The number of nitrogens with zero attached hydrogens (tertiary/aromatic N) is 3. The molecule has 2 aromatic rings. The molecule has 0 aromatic heterocycles. The number of halogens is 1. The molecule has 0 unspecified atom stereocenters. The van der Waals surface area contributed by atoms with Gasteiger partial charge in [-0.25, -0.2) is 13.1 Å². The Kier molecular flexibility index (Phi) is 10.3. The average Bonchev–Trinajstić information content (AvgIpc) is 3.58. The summed E-state index contributed by atoms with van der Waals surface area (Å²) < 4.78 is 42.5. The molecule has 6 aliphatic rings. The maximum Gasteiger partial charge on any atom is 0.264 e. The van der Waals surface area contributed by atoms with Gasteiger partial charge in [0.1, 0.15) is 12.4 Å². The zero-order valence-electron chi connectivity index (χ0n) is 31.0. The minimum atomic E-state index is -3.97. The van der Waals surface area contributed by atoms with Gasteiger partial charge in [-0.3, -0.25) is 14.5 Å². The Bertz CT molecular complexity index is 1860. The lowest BCUT2D eigenvalue weighted by Crippen LogP contribution is -2.61. The summed E-state index contributed by atoms with van der Waals surface area (Å²) in [6.45, 7) is 9.24. The second kappa shape index (κ2) is 14.8. The summed E-state index contributed by atoms with van der Waals surface area (Å²) in [6, 6.07) is 11.9. The first-order valence-electron chi connectivity index (χ1n) is 19.7. The standard InChI is InChI=1S/C41H53ClN4O6S/c1-27-7-5-9-37(51-24-39(47)45-22-33(23-45)44-17-3-4-18-44)34-13-10-31(34)21-46-25-41(16-6-8-29-19-32(42)12-14-35(29)41)26-52-38-15-11-30(20-36(38)46)40(48)43-53(49,50)28(27)2/h5,9,11-12,14-15,19-20,27-28,31,33-34,37H,3-4,6-8,10,13,16-18,21-26H2,1-2H3,(H,43,48)/b9-5-/t27-,28+,31-,34+,37-,41-/m0/s1. The van der Waals surface area contributed by atoms with E-state index in [9.17, 15) is 18.0 Å². The highest BCUT2D eigenvalue weighted by Crippen LogP contribution is 2.47. The SMILES string of the molecule is C[C@@H]1[C@@H](C)C/C=C\[C@H](OCC(=O)N2CC(N3CCCC3)C2)[C@@H]2CC[C@H]2CN2C[C@@]3(CCCc4cc(Cl)ccc43)COc3ccc(cc32)C(=O)NS1(=O)=O. The van der Waals surface area contributed by atoms with Crippen molar-refractivity contribution >= 4 is 39.1 Å². The quantitative estimate of drug-likeness (QED) is 0.403. The van der Waals surface area contributed by atoms with Gasteiger partial charge < -0.3 is 19.3 Å². The van der Waals surface area contributed by atoms with E-state index in [1.807, 2.05) is 30.0 Å². The van der Waals surface area contributed by atoms with Crippen LogP contribution in [0, 0.1) is 17.8 Å². The van der Waals surface area contributed by atoms with Gasteiger partial charge in [0.15, 0.2) is 0 Å². The Balaban J connectivity index is 1.09. The lowest BCUT2D eigenvalue weighted by Gasteiger charge is -2.46. The van der Waals surface area contributed by atoms with Gasteiger partial charge in [0.05, 0.1) is 23.6 Å². The van der Waals surface area contributed by atoms with E-state index in [1.54, 1.807) is 19.1 Å². The van der Waals surface area contributed by atoms with E-state index in [1.165, 1.54) is 24.0 Å². The third-order valence-corrected chi connectivity index (χ3v) is 15.4. The van der Waals surface area contributed by atoms with Crippen molar-refractivity contribution in [3.05, 3.63) is 70.3 Å². The topological polar surface area (TPSA) is 108 Å². The Labute approximate surface area is 319 Å². The van der Waals surface area contributed by atoms with Crippen LogP contribution in [0.25, 0.3) is 0 Å². The number of fused-ring (bicyclic) bond motifs is 4. The number of nitrogens with one attached hydrogen (secondary N) is 1. The maximum atomic E-state index is 13.6. The number of likely N-dealkylation sites (tertiary alicyclic amines) is 2. The fourth-order valence-corrected chi connectivity index (χ4v) is 11.1. The van der Waals surface area contributed by atoms with Crippen LogP contribution in [0.5, 0.6) is 5.75 Å². The third kappa shape index (κ3) is 7.35. The van der Waals surface area contributed by atoms with Crippen LogP contribution in [0.1, 0.15) is 80.3 Å². The highest BCUT2D eigenvalue weighted by molar-refractivity contribution is 7.90. The first-order valence-corrected chi connectivity index (χ1v) is 21.6. The van der Waals surface area contributed by atoms with Crippen molar-refractivity contribution in [1.29, 1.82) is 0 Å². The number of amides is 2. The molecule has 1 spiro atoms. The Morgan fingerprint density at radius 2 is 1.87 bits per heavy atom. The molecule has 2 aliphatic carbocycles. The highest BCUT2D eigenvalue weighted by Gasteiger charge is 2.45. The second-order valence-corrected chi connectivity index (χ2v) is 19.1. The first kappa shape index (κ1) is 36.8. The molecule has 2 amide bonds. The molecule has 6 atom stereocenters. The molecular formula is C41H53ClN4O6S. The lowest BCUT2D eigenvalue weighted by molar-refractivity contribution is -0.146. The Hall–Kier alpha value is -3.12. The van der Waals surface area contributed by atoms with Gasteiger partial charge >= 0.3 is 0 Å². The number of anilines is 1. The number of hydrogen-bond donors (Lipinski definition) is 1. The normalized spacial score (nSPS) is 32.4. The number of sulfonamides is 1. The first-order chi connectivity index (χ1) is 25.5. The zero-order chi connectivity index (χ0) is 36.9. The summed E-state index contributed by atoms with van der Waals surface area (Å²) in [5, 5.41) is -0.0786. The molecule has 53 heavy (non-hydrogen) atoms. The number of aryl methyl sites for hydroxylation is 1. The predicted octanol–water partition coefficient (Wildman–Crippen LogP) is 5.58. The third-order valence-electron chi connectivity index (χ3n) is 13.3. The Morgan fingerprint density at radius 3 is 2.64 bits per heavy atom. The molecule has 0 radical (unpaired) electrons. The summed E-state index contributed by atoms with van der Waals surface area (Å²) >= 11 is 6.47. The molecule has 2 saturated heterocycles. The summed E-state index contributed by atoms with van der Waals surface area (Å²) in [5.74, 6) is 0.283. The van der Waals surface area contributed by atoms with Crippen molar-refractivity contribution in [2.24, 2.45) is 17.8 Å². The average molecular weight is 765 g/mol. The molecule has 12 heteroatoms. The number of ether oxygens (including phenoxy) is 2.